The summed E-state index contributed by atoms with van der Waals surface area (Å²) in [5, 5.41) is 0. The molecule has 1 rings (SSSR count). The van der Waals surface area contributed by atoms with Gasteiger partial charge in [-0.15, -0.1) is 0 Å². The molecule has 114 valence electrons. The molecule has 0 aliphatic carbocycles. The number of nitrogens with one attached hydrogen (secondary N) is 1. The van der Waals surface area contributed by atoms with Crippen LogP contribution in [0.3, 0.4) is 0 Å². The number of hydrogen-bond donors (Lipinski definition) is 1. The minimum absolute atomic E-state index is 0.334. The van der Waals surface area contributed by atoms with E-state index in [2.05, 4.69) is 25.6 Å². The number of nitrogens with zero attached hydrogens (tertiary/aromatic N) is 1. The van der Waals surface area contributed by atoms with Gasteiger partial charge in [-0.05, 0) is 47.3 Å². The summed E-state index contributed by atoms with van der Waals surface area (Å²) in [6.45, 7) is 5.61. The molecule has 2 unspecified atom stereocenters. The highest BCUT2D eigenvalue weighted by molar-refractivity contribution is 9.10. The van der Waals surface area contributed by atoms with Crippen LogP contribution in [-0.4, -0.2) is 19.5 Å². The fourth-order valence-electron chi connectivity index (χ4n) is 1.69. The van der Waals surface area contributed by atoms with E-state index in [9.17, 15) is 8.42 Å². The van der Waals surface area contributed by atoms with E-state index in [0.29, 0.717) is 12.8 Å². The smallest absolute Gasteiger partial charge is 0.263 e. The van der Waals surface area contributed by atoms with E-state index in [1.54, 1.807) is 19.3 Å². The lowest BCUT2D eigenvalue weighted by molar-refractivity contribution is 0.217. The number of pyridine rings is 1. The van der Waals surface area contributed by atoms with Crippen molar-refractivity contribution in [3.8, 4) is 0 Å². The zero-order valence-corrected chi connectivity index (χ0v) is 14.4. The first-order valence-corrected chi connectivity index (χ1v) is 8.89. The average molecular weight is 365 g/mol. The number of rotatable bonds is 8. The van der Waals surface area contributed by atoms with Gasteiger partial charge in [0, 0.05) is 16.9 Å². The Balaban J connectivity index is 2.87. The first-order chi connectivity index (χ1) is 9.38. The van der Waals surface area contributed by atoms with Gasteiger partial charge < -0.3 is 0 Å². The third kappa shape index (κ3) is 5.87. The molecule has 0 amide bonds. The largest absolute Gasteiger partial charge is 0.336 e. The standard InChI is InChI=1S/C13H21BrN2O3S/c1-4-6-13(11-7-12(14)9-15-8-11)16-20(17,18)19-10(3)5-2/h7-10,13,16H,4-6H2,1-3H3. The molecule has 0 aliphatic heterocycles. The second kappa shape index (κ2) is 8.07. The van der Waals surface area contributed by atoms with E-state index in [-0.39, 0.29) is 12.1 Å². The Bertz CT molecular complexity index is 522. The van der Waals surface area contributed by atoms with Gasteiger partial charge in [-0.3, -0.25) is 9.17 Å². The molecule has 0 bridgehead atoms. The highest BCUT2D eigenvalue weighted by Gasteiger charge is 2.21. The van der Waals surface area contributed by atoms with Crippen molar-refractivity contribution < 1.29 is 12.6 Å². The van der Waals surface area contributed by atoms with Crippen LogP contribution in [0.15, 0.2) is 22.9 Å². The topological polar surface area (TPSA) is 68.3 Å². The average Bonchev–Trinajstić information content (AvgIpc) is 2.37. The molecule has 0 fully saturated rings. The summed E-state index contributed by atoms with van der Waals surface area (Å²) in [4.78, 5) is 4.07. The van der Waals surface area contributed by atoms with Crippen molar-refractivity contribution in [3.05, 3.63) is 28.5 Å². The van der Waals surface area contributed by atoms with E-state index in [1.807, 2.05) is 19.9 Å². The third-order valence-electron chi connectivity index (χ3n) is 2.86. The Morgan fingerprint density at radius 1 is 1.40 bits per heavy atom. The molecule has 20 heavy (non-hydrogen) atoms. The van der Waals surface area contributed by atoms with Crippen LogP contribution in [0.5, 0.6) is 0 Å². The van der Waals surface area contributed by atoms with Gasteiger partial charge in [-0.25, -0.2) is 0 Å². The molecule has 0 saturated heterocycles. The molecule has 0 spiro atoms. The number of hydrogen-bond acceptors (Lipinski definition) is 4. The normalized spacial score (nSPS) is 15.0. The SMILES string of the molecule is CCCC(NS(=O)(=O)OC(C)CC)c1cncc(Br)c1. The zero-order chi connectivity index (χ0) is 15.2. The molecular weight excluding hydrogens is 344 g/mol. The van der Waals surface area contributed by atoms with Crippen molar-refractivity contribution in [3.63, 3.8) is 0 Å². The van der Waals surface area contributed by atoms with Crippen LogP contribution in [0.25, 0.3) is 0 Å². The van der Waals surface area contributed by atoms with Crippen molar-refractivity contribution >= 4 is 26.2 Å². The first-order valence-electron chi connectivity index (χ1n) is 6.69. The molecule has 1 heterocycles. The summed E-state index contributed by atoms with van der Waals surface area (Å²) in [6, 6.07) is 1.53. The molecule has 0 aliphatic rings. The number of aromatic nitrogens is 1. The highest BCUT2D eigenvalue weighted by Crippen LogP contribution is 2.22. The van der Waals surface area contributed by atoms with Gasteiger partial charge in [0.05, 0.1) is 12.1 Å². The van der Waals surface area contributed by atoms with E-state index in [1.165, 1.54) is 0 Å². The zero-order valence-electron chi connectivity index (χ0n) is 12.0. The van der Waals surface area contributed by atoms with E-state index in [4.69, 9.17) is 4.18 Å². The fraction of sp³-hybridized carbons (Fsp3) is 0.615. The van der Waals surface area contributed by atoms with Crippen LogP contribution in [0.2, 0.25) is 0 Å². The van der Waals surface area contributed by atoms with E-state index in [0.717, 1.165) is 16.5 Å². The van der Waals surface area contributed by atoms with Crippen LogP contribution in [0, 0.1) is 0 Å². The predicted octanol–water partition coefficient (Wildman–Crippen LogP) is 3.33. The Hall–Kier alpha value is -0.500. The van der Waals surface area contributed by atoms with E-state index < -0.39 is 10.3 Å². The van der Waals surface area contributed by atoms with Crippen molar-refractivity contribution in [2.24, 2.45) is 0 Å². The van der Waals surface area contributed by atoms with Crippen molar-refractivity contribution in [1.82, 2.24) is 9.71 Å². The maximum absolute atomic E-state index is 12.0. The Morgan fingerprint density at radius 3 is 2.65 bits per heavy atom. The molecule has 5 nitrogen and oxygen atoms in total. The van der Waals surface area contributed by atoms with Crippen molar-refractivity contribution in [1.29, 1.82) is 0 Å². The summed E-state index contributed by atoms with van der Waals surface area (Å²) in [7, 11) is -3.77. The minimum atomic E-state index is -3.77. The lowest BCUT2D eigenvalue weighted by Crippen LogP contribution is -2.32. The number of halogens is 1. The summed E-state index contributed by atoms with van der Waals surface area (Å²) < 4.78 is 32.4. The van der Waals surface area contributed by atoms with Crippen molar-refractivity contribution in [2.75, 3.05) is 0 Å². The molecule has 1 aromatic rings. The second-order valence-corrected chi connectivity index (χ2v) is 6.92. The Labute approximate surface area is 129 Å². The lowest BCUT2D eigenvalue weighted by atomic mass is 10.1. The maximum Gasteiger partial charge on any atom is 0.336 e. The molecule has 2 atom stereocenters. The van der Waals surface area contributed by atoms with Crippen LogP contribution < -0.4 is 4.72 Å². The molecular formula is C13H21BrN2O3S. The Morgan fingerprint density at radius 2 is 2.10 bits per heavy atom. The van der Waals surface area contributed by atoms with Gasteiger partial charge in [0.1, 0.15) is 0 Å². The summed E-state index contributed by atoms with van der Waals surface area (Å²) in [5.41, 5.74) is 0.817. The van der Waals surface area contributed by atoms with Gasteiger partial charge in [0.15, 0.2) is 0 Å². The molecule has 7 heteroatoms. The Kier molecular flexibility index (Phi) is 7.08. The van der Waals surface area contributed by atoms with Gasteiger partial charge in [0.25, 0.3) is 0 Å². The van der Waals surface area contributed by atoms with E-state index >= 15 is 0 Å². The predicted molar refractivity (Wildman–Crippen MR) is 82.5 cm³/mol. The van der Waals surface area contributed by atoms with Crippen LogP contribution in [-0.2, 0) is 14.5 Å². The van der Waals surface area contributed by atoms with Gasteiger partial charge in [0.2, 0.25) is 0 Å². The lowest BCUT2D eigenvalue weighted by Gasteiger charge is -2.19. The fourth-order valence-corrected chi connectivity index (χ4v) is 3.30. The molecule has 0 aromatic carbocycles. The molecule has 0 saturated carbocycles. The second-order valence-electron chi connectivity index (χ2n) is 4.66. The van der Waals surface area contributed by atoms with Gasteiger partial charge >= 0.3 is 10.3 Å². The summed E-state index contributed by atoms with van der Waals surface area (Å²) in [6.07, 6.45) is 5.16. The van der Waals surface area contributed by atoms with Crippen LogP contribution in [0.4, 0.5) is 0 Å². The quantitative estimate of drug-likeness (QED) is 0.767. The third-order valence-corrected chi connectivity index (χ3v) is 4.45. The van der Waals surface area contributed by atoms with Gasteiger partial charge in [-0.1, -0.05) is 20.3 Å². The highest BCUT2D eigenvalue weighted by atomic mass is 79.9. The molecule has 1 N–H and O–H groups in total. The first kappa shape index (κ1) is 17.6. The van der Waals surface area contributed by atoms with Crippen molar-refractivity contribution in [2.45, 2.75) is 52.2 Å². The maximum atomic E-state index is 12.0. The molecule has 0 radical (unpaired) electrons. The van der Waals surface area contributed by atoms with Crippen LogP contribution >= 0.6 is 15.9 Å². The summed E-state index contributed by atoms with van der Waals surface area (Å²) in [5.74, 6) is 0. The summed E-state index contributed by atoms with van der Waals surface area (Å²) >= 11 is 3.34. The molecule has 1 aromatic heterocycles. The van der Waals surface area contributed by atoms with Gasteiger partial charge in [-0.2, -0.15) is 13.1 Å². The van der Waals surface area contributed by atoms with Crippen LogP contribution in [0.1, 0.15) is 51.6 Å². The monoisotopic (exact) mass is 364 g/mol. The minimum Gasteiger partial charge on any atom is -0.263 e.